The number of carbonyl (C=O) groups is 2. The number of carboxylic acids is 1. The Morgan fingerprint density at radius 2 is 1.88 bits per heavy atom. The van der Waals surface area contributed by atoms with Crippen molar-refractivity contribution in [1.29, 1.82) is 0 Å². The first-order chi connectivity index (χ1) is 12.5. The number of hydrogen-bond acceptors (Lipinski definition) is 6. The van der Waals surface area contributed by atoms with E-state index in [1.807, 2.05) is 41.8 Å². The van der Waals surface area contributed by atoms with Crippen LogP contribution in [0.5, 0.6) is 0 Å². The molecule has 0 radical (unpaired) electrons. The molecule has 0 aliphatic carbocycles. The highest BCUT2D eigenvalue weighted by Gasteiger charge is 2.24. The van der Waals surface area contributed by atoms with Gasteiger partial charge < -0.3 is 19.4 Å². The van der Waals surface area contributed by atoms with Gasteiger partial charge in [-0.15, -0.1) is 10.2 Å². The lowest BCUT2D eigenvalue weighted by molar-refractivity contribution is -0.312. The van der Waals surface area contributed by atoms with E-state index in [1.54, 1.807) is 4.90 Å². The fraction of sp³-hybridized carbons (Fsp3) is 0.444. The van der Waals surface area contributed by atoms with Crippen LogP contribution in [0.3, 0.4) is 0 Å². The Balaban J connectivity index is 1.57. The fourth-order valence-electron chi connectivity index (χ4n) is 3.00. The van der Waals surface area contributed by atoms with Gasteiger partial charge in [0.1, 0.15) is 5.82 Å². The summed E-state index contributed by atoms with van der Waals surface area (Å²) in [4.78, 5) is 25.0. The Hall–Kier alpha value is -2.35. The maximum atomic E-state index is 12.4. The molecule has 0 saturated carbocycles. The van der Waals surface area contributed by atoms with E-state index in [4.69, 9.17) is 0 Å². The second-order valence-corrected chi connectivity index (χ2v) is 7.31. The maximum absolute atomic E-state index is 12.4. The standard InChI is InChI=1S/C18H22N4O3S/c1-13-19-20-18(22(13)11-14-5-3-2-4-6-14)26-12-16(23)21-9-7-15(8-10-21)17(24)25/h2-6,15H,7-12H2,1H3,(H,24,25)/p-1. The Morgan fingerprint density at radius 1 is 1.19 bits per heavy atom. The number of nitrogens with zero attached hydrogens (tertiary/aromatic N) is 4. The summed E-state index contributed by atoms with van der Waals surface area (Å²) >= 11 is 1.37. The summed E-state index contributed by atoms with van der Waals surface area (Å²) in [5.74, 6) is -0.389. The van der Waals surface area contributed by atoms with Crippen LogP contribution in [0, 0.1) is 12.8 Å². The highest BCUT2D eigenvalue weighted by molar-refractivity contribution is 7.99. The molecule has 7 nitrogen and oxygen atoms in total. The van der Waals surface area contributed by atoms with Crippen molar-refractivity contribution in [2.24, 2.45) is 5.92 Å². The normalized spacial score (nSPS) is 15.2. The highest BCUT2D eigenvalue weighted by atomic mass is 32.2. The summed E-state index contributed by atoms with van der Waals surface area (Å²) < 4.78 is 2.00. The van der Waals surface area contributed by atoms with Crippen LogP contribution in [0.1, 0.15) is 24.2 Å². The van der Waals surface area contributed by atoms with E-state index in [0.29, 0.717) is 37.6 Å². The molecule has 1 aliphatic heterocycles. The van der Waals surface area contributed by atoms with Crippen molar-refractivity contribution in [2.45, 2.75) is 31.5 Å². The number of carboxylic acid groups (broad SMARTS) is 1. The van der Waals surface area contributed by atoms with Crippen molar-refractivity contribution in [1.82, 2.24) is 19.7 Å². The molecule has 0 unspecified atom stereocenters. The number of piperidine rings is 1. The molecule has 138 valence electrons. The number of rotatable bonds is 6. The van der Waals surface area contributed by atoms with Crippen molar-refractivity contribution < 1.29 is 14.7 Å². The van der Waals surface area contributed by atoms with E-state index < -0.39 is 11.9 Å². The van der Waals surface area contributed by atoms with Gasteiger partial charge in [0.2, 0.25) is 5.91 Å². The second kappa shape index (κ2) is 8.35. The third-order valence-corrected chi connectivity index (χ3v) is 5.54. The smallest absolute Gasteiger partial charge is 0.233 e. The lowest BCUT2D eigenvalue weighted by atomic mass is 9.97. The number of thioether (sulfide) groups is 1. The molecule has 3 rings (SSSR count). The summed E-state index contributed by atoms with van der Waals surface area (Å²) in [6, 6.07) is 10.0. The molecule has 1 aliphatic rings. The number of aryl methyl sites for hydroxylation is 1. The number of amides is 1. The summed E-state index contributed by atoms with van der Waals surface area (Å²) in [5, 5.41) is 19.9. The molecule has 0 atom stereocenters. The highest BCUT2D eigenvalue weighted by Crippen LogP contribution is 2.21. The van der Waals surface area contributed by atoms with Crippen molar-refractivity contribution in [3.8, 4) is 0 Å². The zero-order chi connectivity index (χ0) is 18.5. The van der Waals surface area contributed by atoms with Crippen LogP contribution < -0.4 is 5.11 Å². The number of carbonyl (C=O) groups excluding carboxylic acids is 2. The first-order valence-electron chi connectivity index (χ1n) is 8.59. The quantitative estimate of drug-likeness (QED) is 0.693. The lowest BCUT2D eigenvalue weighted by Crippen LogP contribution is -2.44. The van der Waals surface area contributed by atoms with Crippen LogP contribution in [0.15, 0.2) is 35.5 Å². The third-order valence-electron chi connectivity index (χ3n) is 4.59. The maximum Gasteiger partial charge on any atom is 0.233 e. The van der Waals surface area contributed by atoms with Crippen molar-refractivity contribution in [3.63, 3.8) is 0 Å². The van der Waals surface area contributed by atoms with Gasteiger partial charge in [-0.2, -0.15) is 0 Å². The van der Waals surface area contributed by atoms with Gasteiger partial charge in [-0.1, -0.05) is 42.1 Å². The van der Waals surface area contributed by atoms with Gasteiger partial charge >= 0.3 is 0 Å². The molecule has 0 N–H and O–H groups in total. The minimum atomic E-state index is -1.02. The Bertz CT molecular complexity index is 770. The van der Waals surface area contributed by atoms with Crippen LogP contribution in [0.25, 0.3) is 0 Å². The average Bonchev–Trinajstić information content (AvgIpc) is 3.00. The second-order valence-electron chi connectivity index (χ2n) is 6.36. The van der Waals surface area contributed by atoms with E-state index in [2.05, 4.69) is 10.2 Å². The first kappa shape index (κ1) is 18.4. The van der Waals surface area contributed by atoms with Crippen molar-refractivity contribution >= 4 is 23.6 Å². The SMILES string of the molecule is Cc1nnc(SCC(=O)N2CCC(C(=O)[O-])CC2)n1Cc1ccccc1. The molecule has 1 amide bonds. The number of aliphatic carboxylic acids is 1. The molecule has 1 aromatic heterocycles. The molecule has 1 saturated heterocycles. The van der Waals surface area contributed by atoms with Gasteiger partial charge in [0.15, 0.2) is 5.16 Å². The monoisotopic (exact) mass is 373 g/mol. The third kappa shape index (κ3) is 4.43. The zero-order valence-corrected chi connectivity index (χ0v) is 15.4. The van der Waals surface area contributed by atoms with Gasteiger partial charge in [-0.05, 0) is 25.3 Å². The summed E-state index contributed by atoms with van der Waals surface area (Å²) in [6.07, 6.45) is 0.921. The molecule has 26 heavy (non-hydrogen) atoms. The van der Waals surface area contributed by atoms with Crippen molar-refractivity contribution in [2.75, 3.05) is 18.8 Å². The number of benzene rings is 1. The Kier molecular flexibility index (Phi) is 5.92. The predicted octanol–water partition coefficient (Wildman–Crippen LogP) is 0.715. The molecule has 1 aromatic carbocycles. The topological polar surface area (TPSA) is 91.2 Å². The largest absolute Gasteiger partial charge is 0.550 e. The van der Waals surface area contributed by atoms with Crippen molar-refractivity contribution in [3.05, 3.63) is 41.7 Å². The molecular formula is C18H21N4O3S-. The fourth-order valence-corrected chi connectivity index (χ4v) is 3.88. The van der Waals surface area contributed by atoms with Crippen LogP contribution >= 0.6 is 11.8 Å². The van der Waals surface area contributed by atoms with Gasteiger partial charge in [-0.25, -0.2) is 0 Å². The van der Waals surface area contributed by atoms with Crippen LogP contribution in [0.4, 0.5) is 0 Å². The lowest BCUT2D eigenvalue weighted by Gasteiger charge is -2.32. The van der Waals surface area contributed by atoms with Crippen LogP contribution in [-0.2, 0) is 16.1 Å². The summed E-state index contributed by atoms with van der Waals surface area (Å²) in [7, 11) is 0. The van der Waals surface area contributed by atoms with Gasteiger partial charge in [0, 0.05) is 25.0 Å². The van der Waals surface area contributed by atoms with E-state index in [0.717, 1.165) is 11.4 Å². The summed E-state index contributed by atoms with van der Waals surface area (Å²) in [6.45, 7) is 3.49. The van der Waals surface area contributed by atoms with Crippen LogP contribution in [-0.4, -0.2) is 50.4 Å². The molecule has 0 spiro atoms. The van der Waals surface area contributed by atoms with E-state index in [-0.39, 0.29) is 11.7 Å². The first-order valence-corrected chi connectivity index (χ1v) is 9.58. The van der Waals surface area contributed by atoms with Gasteiger partial charge in [-0.3, -0.25) is 4.79 Å². The predicted molar refractivity (Wildman–Crippen MR) is 95.3 cm³/mol. The number of likely N-dealkylation sites (tertiary alicyclic amines) is 1. The molecule has 2 heterocycles. The van der Waals surface area contributed by atoms with Crippen LogP contribution in [0.2, 0.25) is 0 Å². The van der Waals surface area contributed by atoms with Gasteiger partial charge in [0.25, 0.3) is 0 Å². The molecular weight excluding hydrogens is 352 g/mol. The zero-order valence-electron chi connectivity index (χ0n) is 14.6. The number of aromatic nitrogens is 3. The van der Waals surface area contributed by atoms with E-state index >= 15 is 0 Å². The molecule has 0 bridgehead atoms. The minimum Gasteiger partial charge on any atom is -0.550 e. The number of hydrogen-bond donors (Lipinski definition) is 0. The molecule has 1 fully saturated rings. The van der Waals surface area contributed by atoms with E-state index in [1.165, 1.54) is 11.8 Å². The molecule has 2 aromatic rings. The Labute approximate surface area is 156 Å². The summed E-state index contributed by atoms with van der Waals surface area (Å²) in [5.41, 5.74) is 1.15. The molecule has 8 heteroatoms. The van der Waals surface area contributed by atoms with Gasteiger partial charge in [0.05, 0.1) is 12.3 Å². The Morgan fingerprint density at radius 3 is 2.54 bits per heavy atom. The minimum absolute atomic E-state index is 0.00119. The van der Waals surface area contributed by atoms with E-state index in [9.17, 15) is 14.7 Å². The average molecular weight is 373 g/mol.